The fourth-order valence-electron chi connectivity index (χ4n) is 12.4. The second-order valence-electron chi connectivity index (χ2n) is 23.0. The molecule has 5 N–H and O–H groups in total. The maximum atomic E-state index is 13.2. The van der Waals surface area contributed by atoms with Crippen molar-refractivity contribution in [2.75, 3.05) is 86.7 Å². The molecule has 89 heavy (non-hydrogen) atoms. The Morgan fingerprint density at radius 2 is 1.08 bits per heavy atom. The van der Waals surface area contributed by atoms with Crippen molar-refractivity contribution >= 4 is 140 Å². The van der Waals surface area contributed by atoms with Gasteiger partial charge in [0.25, 0.3) is 11.8 Å². The molecule has 0 saturated carbocycles. The van der Waals surface area contributed by atoms with Gasteiger partial charge in [-0.3, -0.25) is 28.8 Å². The lowest BCUT2D eigenvalue weighted by Crippen LogP contribution is -2.52. The lowest BCUT2D eigenvalue weighted by molar-refractivity contribution is -0.144. The Bertz CT molecular complexity index is 3180. The second-order valence-corrected chi connectivity index (χ2v) is 26.4. The monoisotopic (exact) mass is 1380 g/mol. The molecular weight excluding hydrogens is 1310 g/mol. The summed E-state index contributed by atoms with van der Waals surface area (Å²) in [4.78, 5) is 91.1. The van der Waals surface area contributed by atoms with Crippen LogP contribution in [0.4, 0.5) is 0 Å². The number of nitrogens with zero attached hydrogens (tertiary/aromatic N) is 7. The van der Waals surface area contributed by atoms with E-state index >= 15 is 0 Å². The van der Waals surface area contributed by atoms with Crippen LogP contribution in [0.5, 0.6) is 0 Å². The van der Waals surface area contributed by atoms with Gasteiger partial charge in [-0.25, -0.2) is 0 Å². The van der Waals surface area contributed by atoms with Gasteiger partial charge in [0.2, 0.25) is 23.6 Å². The van der Waals surface area contributed by atoms with E-state index in [9.17, 15) is 34.0 Å². The first kappa shape index (κ1) is 71.3. The molecule has 6 amide bonds. The Kier molecular flexibility index (Phi) is 27.7. The second kappa shape index (κ2) is 34.5. The van der Waals surface area contributed by atoms with Crippen LogP contribution in [0.25, 0.3) is 0 Å². The Hall–Kier alpha value is -5.12. The molecule has 4 aliphatic rings. The normalized spacial score (nSPS) is 19.0. The van der Waals surface area contributed by atoms with Gasteiger partial charge in [0.1, 0.15) is 7.11 Å². The van der Waals surface area contributed by atoms with Crippen LogP contribution in [0.3, 0.4) is 0 Å². The maximum absolute atomic E-state index is 13.2. The average Bonchev–Trinajstić information content (AvgIpc) is 2.92. The third kappa shape index (κ3) is 20.4. The summed E-state index contributed by atoms with van der Waals surface area (Å²) in [6.07, 6.45) is 8.27. The highest BCUT2D eigenvalue weighted by Gasteiger charge is 2.38. The summed E-state index contributed by atoms with van der Waals surface area (Å²) >= 11 is 49.6. The van der Waals surface area contributed by atoms with E-state index in [-0.39, 0.29) is 91.2 Å². The number of likely N-dealkylation sites (tertiary alicyclic amines) is 4. The number of carbonyl (C=O) groups excluding carboxylic acids is 6. The topological polar surface area (TPSA) is 223 Å². The molecule has 18 nitrogen and oxygen atoms in total. The van der Waals surface area contributed by atoms with Crippen molar-refractivity contribution in [3.05, 3.63) is 135 Å². The first-order valence-corrected chi connectivity index (χ1v) is 32.8. The molecule has 26 heteroatoms. The fourth-order valence-corrected chi connectivity index (χ4v) is 14.1. The largest absolute Gasteiger partial charge is 0.411 e. The number of nitrogens with one attached hydrogen (secondary N) is 2. The van der Waals surface area contributed by atoms with Crippen LogP contribution in [0, 0.1) is 11.8 Å². The number of primary amides is 1. The molecule has 4 aliphatic heterocycles. The molecule has 0 radical (unpaired) electrons. The van der Waals surface area contributed by atoms with Crippen LogP contribution >= 0.6 is 92.8 Å². The lowest BCUT2D eigenvalue weighted by atomic mass is 9.89. The Morgan fingerprint density at radius 3 is 1.51 bits per heavy atom. The smallest absolute Gasteiger partial charge is 0.254 e. The van der Waals surface area contributed by atoms with Crippen molar-refractivity contribution in [1.29, 1.82) is 0 Å². The zero-order valence-corrected chi connectivity index (χ0v) is 56.0. The number of hydrogen-bond donors (Lipinski definition) is 4. The highest BCUT2D eigenvalue weighted by Crippen LogP contribution is 2.35. The third-order valence-electron chi connectivity index (χ3n) is 17.0. The SMILES string of the molecule is CNC(=O)C[C@H]1CCCN(C2CCN(CC[C@H](/C(CN(C)C(=O)c3cc(Cl)cc(Cl)c3)=N/O)c3ccc(Cl)c(Cl)c3)CC2)C1=O.CO/N=C(\CNC(=O)c1cc(Cl)cc(Cl)c1)C(CCN1CCC(N2CCC[C@H](CC(N)=O)C2=O)CC1)c1ccc(Cl)c(Cl)c1. The van der Waals surface area contributed by atoms with Gasteiger partial charge in [-0.05, 0) is 149 Å². The predicted octanol–water partition coefficient (Wildman–Crippen LogP) is 12.0. The molecule has 8 rings (SSSR count). The number of nitrogens with two attached hydrogens (primary N) is 1. The Balaban J connectivity index is 0.000000254. The number of oxime groups is 2. The molecule has 4 heterocycles. The Morgan fingerprint density at radius 1 is 0.629 bits per heavy atom. The molecule has 4 saturated heterocycles. The number of amides is 6. The number of benzene rings is 4. The van der Waals surface area contributed by atoms with Crippen molar-refractivity contribution in [1.82, 2.24) is 35.1 Å². The van der Waals surface area contributed by atoms with Gasteiger partial charge in [0.05, 0.1) is 44.6 Å². The van der Waals surface area contributed by atoms with E-state index < -0.39 is 5.91 Å². The number of rotatable bonds is 23. The molecule has 0 spiro atoms. The summed E-state index contributed by atoms with van der Waals surface area (Å²) < 4.78 is 0. The van der Waals surface area contributed by atoms with Crippen LogP contribution in [-0.4, -0.2) is 175 Å². The zero-order chi connectivity index (χ0) is 64.5. The minimum atomic E-state index is -0.429. The first-order valence-electron chi connectivity index (χ1n) is 29.8. The summed E-state index contributed by atoms with van der Waals surface area (Å²) in [5.74, 6) is -2.20. The summed E-state index contributed by atoms with van der Waals surface area (Å²) in [5.41, 5.74) is 8.76. The molecule has 4 fully saturated rings. The molecule has 0 aliphatic carbocycles. The minimum Gasteiger partial charge on any atom is -0.411 e. The molecule has 0 aromatic heterocycles. The van der Waals surface area contributed by atoms with Gasteiger partial charge in [-0.15, -0.1) is 0 Å². The van der Waals surface area contributed by atoms with E-state index in [4.69, 9.17) is 103 Å². The van der Waals surface area contributed by atoms with E-state index in [1.165, 1.54) is 12.0 Å². The number of carbonyl (C=O) groups is 6. The highest BCUT2D eigenvalue weighted by molar-refractivity contribution is 6.42. The van der Waals surface area contributed by atoms with Crippen molar-refractivity contribution < 1.29 is 38.8 Å². The molecule has 482 valence electrons. The van der Waals surface area contributed by atoms with Gasteiger partial charge >= 0.3 is 0 Å². The Labute approximate surface area is 560 Å². The number of piperidine rings is 4. The summed E-state index contributed by atoms with van der Waals surface area (Å²) in [6.45, 7) is 6.34. The molecule has 4 aromatic carbocycles. The number of hydrogen-bond acceptors (Lipinski definition) is 12. The highest BCUT2D eigenvalue weighted by atomic mass is 35.5. The van der Waals surface area contributed by atoms with Crippen LogP contribution in [-0.2, 0) is 24.0 Å². The minimum absolute atomic E-state index is 0.0516. The summed E-state index contributed by atoms with van der Waals surface area (Å²) in [5, 5.41) is 26.8. The molecule has 0 bridgehead atoms. The van der Waals surface area contributed by atoms with E-state index in [2.05, 4.69) is 30.7 Å². The van der Waals surface area contributed by atoms with Crippen LogP contribution in [0.1, 0.15) is 121 Å². The molecule has 4 aromatic rings. The summed E-state index contributed by atoms with van der Waals surface area (Å²) in [7, 11) is 4.69. The van der Waals surface area contributed by atoms with Crippen LogP contribution in [0.2, 0.25) is 40.2 Å². The zero-order valence-electron chi connectivity index (χ0n) is 50.0. The van der Waals surface area contributed by atoms with Crippen molar-refractivity contribution in [3.8, 4) is 0 Å². The van der Waals surface area contributed by atoms with E-state index in [0.717, 1.165) is 102 Å². The summed E-state index contributed by atoms with van der Waals surface area (Å²) in [6, 6.07) is 20.4. The number of halogens is 8. The molecule has 1 unspecified atom stereocenters. The van der Waals surface area contributed by atoms with Gasteiger partial charge in [0, 0.05) is 133 Å². The average molecular weight is 1380 g/mol. The lowest BCUT2D eigenvalue weighted by Gasteiger charge is -2.42. The predicted molar refractivity (Wildman–Crippen MR) is 354 cm³/mol. The maximum Gasteiger partial charge on any atom is 0.254 e. The molecular formula is C63H76Cl8N10O8. The van der Waals surface area contributed by atoms with E-state index in [1.807, 2.05) is 28.0 Å². The van der Waals surface area contributed by atoms with Crippen LogP contribution < -0.4 is 16.4 Å². The van der Waals surface area contributed by atoms with E-state index in [1.54, 1.807) is 68.7 Å². The van der Waals surface area contributed by atoms with Gasteiger partial charge in [-0.1, -0.05) is 115 Å². The van der Waals surface area contributed by atoms with Crippen molar-refractivity contribution in [2.45, 2.75) is 101 Å². The van der Waals surface area contributed by atoms with E-state index in [0.29, 0.717) is 88.5 Å². The van der Waals surface area contributed by atoms with Gasteiger partial charge in [0.15, 0.2) is 0 Å². The first-order chi connectivity index (χ1) is 42.5. The quantitative estimate of drug-likeness (QED) is 0.0312. The fraction of sp³-hybridized carbons (Fsp3) is 0.492. The van der Waals surface area contributed by atoms with Gasteiger partial charge < -0.3 is 50.9 Å². The van der Waals surface area contributed by atoms with Crippen LogP contribution in [0.15, 0.2) is 83.1 Å². The van der Waals surface area contributed by atoms with Crippen molar-refractivity contribution in [2.24, 2.45) is 27.9 Å². The van der Waals surface area contributed by atoms with Gasteiger partial charge in [-0.2, -0.15) is 0 Å². The van der Waals surface area contributed by atoms with Crippen molar-refractivity contribution in [3.63, 3.8) is 0 Å². The standard InChI is InChI=1S/C32H39Cl4N5O4.C31H37Cl4N5O4/c1-37-30(42)17-21-4-3-10-41(32(21)44)25-7-11-40(12-8-25)13-9-26(20-5-6-27(35)28(36)16-20)29(38-45)19-39(2)31(43)22-14-23(33)18-24(34)15-22;1-44-38-28(18-37-30(42)21-13-22(32)17-23(33)14-21)25(19-4-5-26(34)27(35)15-19)8-12-39-10-6-24(7-11-39)40-9-2-3-20(31(40)43)16-29(36)41/h5-6,14-16,18,21,25-26,45H,3-4,7-13,17,19H2,1-2H3,(H,37,42);4-5,13-15,17,20,24-25H,2-3,6-12,16,18H2,1H3,(H2,36,41)(H,37,42)/b38-29+;38-28+/t21-,26+;20-,25?/m11/s1. The third-order valence-corrected chi connectivity index (χ3v) is 19.4. The molecule has 4 atom stereocenters.